The number of hydrogen-bond acceptors (Lipinski definition) is 7. The highest BCUT2D eigenvalue weighted by Gasteiger charge is 2.18. The van der Waals surface area contributed by atoms with E-state index in [0.29, 0.717) is 32.0 Å². The fourth-order valence-electron chi connectivity index (χ4n) is 3.54. The van der Waals surface area contributed by atoms with Crippen LogP contribution in [0.3, 0.4) is 0 Å². The SMILES string of the molecule is CNC(=O)Oc1cc(-c2ccccc2O)ccc1Sc1ccc(-c2ccccc2O)cc1OC(=O)NC. The first-order chi connectivity index (χ1) is 17.9. The van der Waals surface area contributed by atoms with E-state index in [1.54, 1.807) is 84.9 Å². The molecule has 8 nitrogen and oxygen atoms in total. The number of amides is 2. The molecular weight excluding hydrogens is 492 g/mol. The summed E-state index contributed by atoms with van der Waals surface area (Å²) < 4.78 is 11.0. The van der Waals surface area contributed by atoms with Gasteiger partial charge in [-0.3, -0.25) is 0 Å². The molecule has 2 amide bonds. The van der Waals surface area contributed by atoms with Crippen LogP contribution in [0, 0.1) is 0 Å². The number of ether oxygens (including phenoxy) is 2. The molecular formula is C28H24N2O6S. The second-order valence-corrected chi connectivity index (χ2v) is 8.82. The summed E-state index contributed by atoms with van der Waals surface area (Å²) in [6.45, 7) is 0. The van der Waals surface area contributed by atoms with Crippen LogP contribution in [0.4, 0.5) is 9.59 Å². The van der Waals surface area contributed by atoms with Crippen LogP contribution in [0.2, 0.25) is 0 Å². The second-order valence-electron chi connectivity index (χ2n) is 7.74. The number of hydrogen-bond donors (Lipinski definition) is 4. The average molecular weight is 517 g/mol. The highest BCUT2D eigenvalue weighted by atomic mass is 32.2. The smallest absolute Gasteiger partial charge is 0.412 e. The molecule has 0 radical (unpaired) electrons. The van der Waals surface area contributed by atoms with Crippen LogP contribution in [-0.2, 0) is 0 Å². The van der Waals surface area contributed by atoms with Crippen LogP contribution < -0.4 is 20.1 Å². The van der Waals surface area contributed by atoms with Gasteiger partial charge in [-0.05, 0) is 47.5 Å². The van der Waals surface area contributed by atoms with Gasteiger partial charge in [0.25, 0.3) is 0 Å². The predicted octanol–water partition coefficient (Wildman–Crippen LogP) is 6.02. The molecule has 0 bridgehead atoms. The minimum Gasteiger partial charge on any atom is -0.507 e. The Hall–Kier alpha value is -4.63. The van der Waals surface area contributed by atoms with Crippen molar-refractivity contribution in [3.05, 3.63) is 84.9 Å². The average Bonchev–Trinajstić information content (AvgIpc) is 2.91. The molecule has 4 aromatic carbocycles. The summed E-state index contributed by atoms with van der Waals surface area (Å²) >= 11 is 1.23. The molecule has 0 saturated heterocycles. The van der Waals surface area contributed by atoms with E-state index in [4.69, 9.17) is 9.47 Å². The molecule has 0 fully saturated rings. The van der Waals surface area contributed by atoms with E-state index < -0.39 is 12.2 Å². The fraction of sp³-hybridized carbons (Fsp3) is 0.0714. The van der Waals surface area contributed by atoms with Gasteiger partial charge >= 0.3 is 12.2 Å². The molecule has 0 saturated carbocycles. The Morgan fingerprint density at radius 2 is 1.05 bits per heavy atom. The molecule has 0 aliphatic heterocycles. The number of carbonyl (C=O) groups excluding carboxylic acids is 2. The minimum atomic E-state index is -0.659. The van der Waals surface area contributed by atoms with Gasteiger partial charge in [-0.1, -0.05) is 60.3 Å². The van der Waals surface area contributed by atoms with Gasteiger partial charge in [-0.15, -0.1) is 0 Å². The van der Waals surface area contributed by atoms with Crippen molar-refractivity contribution in [3.8, 4) is 45.3 Å². The molecule has 4 rings (SSSR count). The molecule has 0 heterocycles. The van der Waals surface area contributed by atoms with Crippen LogP contribution in [0.5, 0.6) is 23.0 Å². The quantitative estimate of drug-likeness (QED) is 0.248. The molecule has 0 aromatic heterocycles. The van der Waals surface area contributed by atoms with Gasteiger partial charge in [0.05, 0.1) is 9.79 Å². The number of para-hydroxylation sites is 2. The Morgan fingerprint density at radius 3 is 1.43 bits per heavy atom. The van der Waals surface area contributed by atoms with Crippen LogP contribution in [0.15, 0.2) is 94.7 Å². The predicted molar refractivity (Wildman–Crippen MR) is 141 cm³/mol. The van der Waals surface area contributed by atoms with Crippen molar-refractivity contribution < 1.29 is 29.3 Å². The third kappa shape index (κ3) is 5.96. The minimum absolute atomic E-state index is 0.0924. The lowest BCUT2D eigenvalue weighted by Crippen LogP contribution is -2.22. The van der Waals surface area contributed by atoms with Gasteiger partial charge in [0.1, 0.15) is 23.0 Å². The third-order valence-corrected chi connectivity index (χ3v) is 6.47. The standard InChI is InChI=1S/C28H24N2O6S/c1-29-27(33)35-23-15-17(19-7-3-5-9-21(19)31)11-13-25(23)37-26-14-12-18(16-24(26)36-28(34)30-2)20-8-4-6-10-22(20)32/h3-16,31-32H,1-2H3,(H,29,33)(H,30,34). The summed E-state index contributed by atoms with van der Waals surface area (Å²) in [4.78, 5) is 25.3. The highest BCUT2D eigenvalue weighted by Crippen LogP contribution is 2.44. The van der Waals surface area contributed by atoms with Crippen LogP contribution >= 0.6 is 11.8 Å². The molecule has 0 unspecified atom stereocenters. The maximum Gasteiger partial charge on any atom is 0.412 e. The Bertz CT molecular complexity index is 1350. The topological polar surface area (TPSA) is 117 Å². The largest absolute Gasteiger partial charge is 0.507 e. The molecule has 0 atom stereocenters. The first kappa shape index (κ1) is 25.5. The molecule has 4 aromatic rings. The van der Waals surface area contributed by atoms with Crippen LogP contribution in [0.25, 0.3) is 22.3 Å². The Kier molecular flexibility index (Phi) is 7.85. The number of aromatic hydroxyl groups is 2. The third-order valence-electron chi connectivity index (χ3n) is 5.35. The van der Waals surface area contributed by atoms with Crippen molar-refractivity contribution in [1.82, 2.24) is 10.6 Å². The maximum absolute atomic E-state index is 12.1. The molecule has 37 heavy (non-hydrogen) atoms. The first-order valence-electron chi connectivity index (χ1n) is 11.2. The van der Waals surface area contributed by atoms with E-state index in [2.05, 4.69) is 10.6 Å². The molecule has 0 aliphatic rings. The molecule has 9 heteroatoms. The van der Waals surface area contributed by atoms with E-state index in [9.17, 15) is 19.8 Å². The van der Waals surface area contributed by atoms with E-state index in [1.165, 1.54) is 25.9 Å². The lowest BCUT2D eigenvalue weighted by Gasteiger charge is -2.15. The molecule has 4 N–H and O–H groups in total. The zero-order valence-electron chi connectivity index (χ0n) is 20.0. The molecule has 188 valence electrons. The van der Waals surface area contributed by atoms with Gasteiger partial charge in [-0.25, -0.2) is 9.59 Å². The van der Waals surface area contributed by atoms with Gasteiger partial charge in [0.2, 0.25) is 0 Å². The molecule has 0 aliphatic carbocycles. The lowest BCUT2D eigenvalue weighted by molar-refractivity contribution is 0.201. The highest BCUT2D eigenvalue weighted by molar-refractivity contribution is 7.99. The monoisotopic (exact) mass is 516 g/mol. The normalized spacial score (nSPS) is 10.4. The number of nitrogens with one attached hydrogen (secondary N) is 2. The number of benzene rings is 4. The Balaban J connectivity index is 1.76. The zero-order chi connectivity index (χ0) is 26.4. The zero-order valence-corrected chi connectivity index (χ0v) is 20.8. The fourth-order valence-corrected chi connectivity index (χ4v) is 4.45. The summed E-state index contributed by atoms with van der Waals surface area (Å²) in [6, 6.07) is 24.1. The van der Waals surface area contributed by atoms with Gasteiger partial charge in [0.15, 0.2) is 0 Å². The lowest BCUT2D eigenvalue weighted by atomic mass is 10.0. The number of carbonyl (C=O) groups is 2. The molecule has 0 spiro atoms. The van der Waals surface area contributed by atoms with E-state index in [0.717, 1.165) is 0 Å². The van der Waals surface area contributed by atoms with Crippen molar-refractivity contribution in [3.63, 3.8) is 0 Å². The number of phenolic OH excluding ortho intramolecular Hbond substituents is 2. The van der Waals surface area contributed by atoms with Gasteiger partial charge < -0.3 is 30.3 Å². The summed E-state index contributed by atoms with van der Waals surface area (Å²) in [5, 5.41) is 25.4. The second kappa shape index (κ2) is 11.4. The van der Waals surface area contributed by atoms with Crippen molar-refractivity contribution in [2.75, 3.05) is 14.1 Å². The number of phenols is 2. The van der Waals surface area contributed by atoms with Gasteiger partial charge in [0, 0.05) is 25.2 Å². The Labute approximate surface area is 217 Å². The number of rotatable bonds is 6. The van der Waals surface area contributed by atoms with Crippen molar-refractivity contribution in [2.45, 2.75) is 9.79 Å². The van der Waals surface area contributed by atoms with Gasteiger partial charge in [-0.2, -0.15) is 0 Å². The van der Waals surface area contributed by atoms with Crippen molar-refractivity contribution in [2.24, 2.45) is 0 Å². The summed E-state index contributed by atoms with van der Waals surface area (Å²) in [6.07, 6.45) is -1.32. The first-order valence-corrected chi connectivity index (χ1v) is 12.0. The van der Waals surface area contributed by atoms with Crippen LogP contribution in [-0.4, -0.2) is 36.5 Å². The van der Waals surface area contributed by atoms with E-state index >= 15 is 0 Å². The van der Waals surface area contributed by atoms with Crippen molar-refractivity contribution >= 4 is 23.9 Å². The van der Waals surface area contributed by atoms with E-state index in [-0.39, 0.29) is 23.0 Å². The van der Waals surface area contributed by atoms with Crippen molar-refractivity contribution in [1.29, 1.82) is 0 Å². The van der Waals surface area contributed by atoms with E-state index in [1.807, 2.05) is 0 Å². The summed E-state index contributed by atoms with van der Waals surface area (Å²) in [5.74, 6) is 0.686. The Morgan fingerprint density at radius 1 is 0.649 bits per heavy atom. The van der Waals surface area contributed by atoms with Crippen LogP contribution in [0.1, 0.15) is 0 Å². The summed E-state index contributed by atoms with van der Waals surface area (Å²) in [5.41, 5.74) is 2.46. The summed E-state index contributed by atoms with van der Waals surface area (Å²) in [7, 11) is 2.91. The maximum atomic E-state index is 12.1.